The predicted octanol–water partition coefficient (Wildman–Crippen LogP) is 3.71. The first-order valence-corrected chi connectivity index (χ1v) is 10.7. The molecule has 1 heterocycles. The first kappa shape index (κ1) is 19.7. The number of benzene rings is 1. The molecule has 0 bridgehead atoms. The van der Waals surface area contributed by atoms with Crippen molar-refractivity contribution in [1.29, 1.82) is 0 Å². The SMILES string of the molecule is CCc1nc(CCNC(=NC)NCc2ccc(C)cc2OCC2CC2)cs1. The lowest BCUT2D eigenvalue weighted by molar-refractivity contribution is 0.296. The monoisotopic (exact) mass is 386 g/mol. The van der Waals surface area contributed by atoms with Gasteiger partial charge in [0.1, 0.15) is 5.75 Å². The third-order valence-electron chi connectivity index (χ3n) is 4.64. The molecule has 0 amide bonds. The normalized spacial score (nSPS) is 14.3. The van der Waals surface area contributed by atoms with Gasteiger partial charge in [-0.3, -0.25) is 4.99 Å². The molecule has 1 aliphatic rings. The molecule has 0 unspecified atom stereocenters. The Bertz CT molecular complexity index is 767. The number of aryl methyl sites for hydroxylation is 2. The lowest BCUT2D eigenvalue weighted by Gasteiger charge is -2.15. The van der Waals surface area contributed by atoms with Gasteiger partial charge >= 0.3 is 0 Å². The maximum Gasteiger partial charge on any atom is 0.191 e. The highest BCUT2D eigenvalue weighted by Gasteiger charge is 2.22. The minimum Gasteiger partial charge on any atom is -0.493 e. The molecule has 2 aromatic rings. The van der Waals surface area contributed by atoms with E-state index in [1.165, 1.54) is 23.4 Å². The van der Waals surface area contributed by atoms with Crippen LogP contribution in [0.1, 0.15) is 41.6 Å². The highest BCUT2D eigenvalue weighted by molar-refractivity contribution is 7.09. The number of guanidine groups is 1. The summed E-state index contributed by atoms with van der Waals surface area (Å²) in [6.07, 6.45) is 4.50. The van der Waals surface area contributed by atoms with Crippen LogP contribution in [0.5, 0.6) is 5.75 Å². The van der Waals surface area contributed by atoms with E-state index in [0.717, 1.165) is 54.9 Å². The van der Waals surface area contributed by atoms with Gasteiger partial charge in [0.05, 0.1) is 17.3 Å². The highest BCUT2D eigenvalue weighted by Crippen LogP contribution is 2.30. The molecule has 0 atom stereocenters. The van der Waals surface area contributed by atoms with Crippen molar-refractivity contribution >= 4 is 17.3 Å². The second-order valence-electron chi connectivity index (χ2n) is 7.05. The summed E-state index contributed by atoms with van der Waals surface area (Å²) < 4.78 is 6.05. The van der Waals surface area contributed by atoms with Crippen molar-refractivity contribution in [3.05, 3.63) is 45.4 Å². The zero-order valence-electron chi connectivity index (χ0n) is 16.5. The van der Waals surface area contributed by atoms with E-state index in [1.54, 1.807) is 18.4 Å². The van der Waals surface area contributed by atoms with Gasteiger partial charge in [0.25, 0.3) is 0 Å². The fourth-order valence-corrected chi connectivity index (χ4v) is 3.55. The van der Waals surface area contributed by atoms with Crippen LogP contribution in [-0.4, -0.2) is 31.1 Å². The molecule has 1 aliphatic carbocycles. The van der Waals surface area contributed by atoms with Crippen LogP contribution >= 0.6 is 11.3 Å². The van der Waals surface area contributed by atoms with Gasteiger partial charge in [-0.15, -0.1) is 11.3 Å². The molecule has 146 valence electrons. The van der Waals surface area contributed by atoms with Crippen molar-refractivity contribution < 1.29 is 4.74 Å². The number of ether oxygens (including phenoxy) is 1. The topological polar surface area (TPSA) is 58.5 Å². The van der Waals surface area contributed by atoms with E-state index >= 15 is 0 Å². The number of nitrogens with one attached hydrogen (secondary N) is 2. The van der Waals surface area contributed by atoms with Crippen molar-refractivity contribution in [3.8, 4) is 5.75 Å². The van der Waals surface area contributed by atoms with E-state index in [-0.39, 0.29) is 0 Å². The maximum absolute atomic E-state index is 6.05. The fourth-order valence-electron chi connectivity index (χ4n) is 2.77. The number of hydrogen-bond acceptors (Lipinski definition) is 4. The van der Waals surface area contributed by atoms with Gasteiger partial charge < -0.3 is 15.4 Å². The van der Waals surface area contributed by atoms with Crippen molar-refractivity contribution in [2.45, 2.75) is 46.1 Å². The first-order valence-electron chi connectivity index (χ1n) is 9.78. The summed E-state index contributed by atoms with van der Waals surface area (Å²) in [6, 6.07) is 6.40. The summed E-state index contributed by atoms with van der Waals surface area (Å²) in [5.41, 5.74) is 3.53. The Labute approximate surface area is 166 Å². The first-order chi connectivity index (χ1) is 13.2. The molecule has 1 aromatic heterocycles. The van der Waals surface area contributed by atoms with Crippen molar-refractivity contribution in [1.82, 2.24) is 15.6 Å². The van der Waals surface area contributed by atoms with Crippen LogP contribution in [0.15, 0.2) is 28.6 Å². The molecule has 0 aliphatic heterocycles. The Hall–Kier alpha value is -2.08. The third kappa shape index (κ3) is 6.24. The smallest absolute Gasteiger partial charge is 0.191 e. The van der Waals surface area contributed by atoms with Crippen LogP contribution in [0, 0.1) is 12.8 Å². The zero-order valence-corrected chi connectivity index (χ0v) is 17.4. The molecule has 3 rings (SSSR count). The average Bonchev–Trinajstić information content (AvgIpc) is 3.40. The van der Waals surface area contributed by atoms with Gasteiger partial charge in [-0.25, -0.2) is 4.98 Å². The van der Waals surface area contributed by atoms with Gasteiger partial charge in [0.2, 0.25) is 0 Å². The molecule has 0 spiro atoms. The summed E-state index contributed by atoms with van der Waals surface area (Å²) >= 11 is 1.74. The summed E-state index contributed by atoms with van der Waals surface area (Å²) in [5, 5.41) is 10.1. The Morgan fingerprint density at radius 3 is 2.89 bits per heavy atom. The Morgan fingerprint density at radius 2 is 2.19 bits per heavy atom. The summed E-state index contributed by atoms with van der Waals surface area (Å²) in [7, 11) is 1.80. The van der Waals surface area contributed by atoms with Crippen LogP contribution < -0.4 is 15.4 Å². The summed E-state index contributed by atoms with van der Waals surface area (Å²) in [4.78, 5) is 8.93. The van der Waals surface area contributed by atoms with Gasteiger partial charge in [0, 0.05) is 37.5 Å². The van der Waals surface area contributed by atoms with Crippen LogP contribution in [0.3, 0.4) is 0 Å². The van der Waals surface area contributed by atoms with Crippen LogP contribution in [-0.2, 0) is 19.4 Å². The summed E-state index contributed by atoms with van der Waals surface area (Å²) in [6.45, 7) is 6.57. The van der Waals surface area contributed by atoms with E-state index in [9.17, 15) is 0 Å². The zero-order chi connectivity index (χ0) is 19.1. The fraction of sp³-hybridized carbons (Fsp3) is 0.524. The van der Waals surface area contributed by atoms with Gasteiger partial charge in [-0.1, -0.05) is 19.1 Å². The van der Waals surface area contributed by atoms with Crippen molar-refractivity contribution in [2.24, 2.45) is 10.9 Å². The van der Waals surface area contributed by atoms with Crippen molar-refractivity contribution in [2.75, 3.05) is 20.2 Å². The molecule has 0 radical (unpaired) electrons. The lowest BCUT2D eigenvalue weighted by atomic mass is 10.1. The standard InChI is InChI=1S/C21H30N4OS/c1-4-20-25-18(14-27-20)9-10-23-21(22-3)24-12-17-8-5-15(2)11-19(17)26-13-16-6-7-16/h5,8,11,14,16H,4,6-7,9-10,12-13H2,1-3H3,(H2,22,23,24). The highest BCUT2D eigenvalue weighted by atomic mass is 32.1. The largest absolute Gasteiger partial charge is 0.493 e. The molecule has 5 nitrogen and oxygen atoms in total. The molecule has 1 aromatic carbocycles. The molecule has 6 heteroatoms. The van der Waals surface area contributed by atoms with E-state index < -0.39 is 0 Å². The Balaban J connectivity index is 1.48. The van der Waals surface area contributed by atoms with Crippen molar-refractivity contribution in [3.63, 3.8) is 0 Å². The van der Waals surface area contributed by atoms with E-state index in [0.29, 0.717) is 6.54 Å². The van der Waals surface area contributed by atoms with E-state index in [2.05, 4.69) is 58.0 Å². The van der Waals surface area contributed by atoms with Crippen LogP contribution in [0.2, 0.25) is 0 Å². The lowest BCUT2D eigenvalue weighted by Crippen LogP contribution is -2.38. The van der Waals surface area contributed by atoms with Gasteiger partial charge in [0.15, 0.2) is 5.96 Å². The molecule has 1 saturated carbocycles. The maximum atomic E-state index is 6.05. The molecular formula is C21H30N4OS. The van der Waals surface area contributed by atoms with E-state index in [1.807, 2.05) is 0 Å². The van der Waals surface area contributed by atoms with Crippen LogP contribution in [0.4, 0.5) is 0 Å². The average molecular weight is 387 g/mol. The minimum atomic E-state index is 0.691. The minimum absolute atomic E-state index is 0.691. The van der Waals surface area contributed by atoms with Gasteiger partial charge in [-0.05, 0) is 43.7 Å². The summed E-state index contributed by atoms with van der Waals surface area (Å²) in [5.74, 6) is 2.54. The van der Waals surface area contributed by atoms with Crippen LogP contribution in [0.25, 0.3) is 0 Å². The quantitative estimate of drug-likeness (QED) is 0.509. The second kappa shape index (κ2) is 9.74. The Kier molecular flexibility index (Phi) is 7.10. The Morgan fingerprint density at radius 1 is 1.33 bits per heavy atom. The number of aromatic nitrogens is 1. The van der Waals surface area contributed by atoms with E-state index in [4.69, 9.17) is 4.74 Å². The predicted molar refractivity (Wildman–Crippen MR) is 113 cm³/mol. The molecule has 27 heavy (non-hydrogen) atoms. The molecule has 1 fully saturated rings. The number of aliphatic imine (C=N–C) groups is 1. The third-order valence-corrected chi connectivity index (χ3v) is 5.68. The van der Waals surface area contributed by atoms with Gasteiger partial charge in [-0.2, -0.15) is 0 Å². The number of rotatable bonds is 9. The second-order valence-corrected chi connectivity index (χ2v) is 8.00. The number of nitrogens with zero attached hydrogens (tertiary/aromatic N) is 2. The number of thiazole rings is 1. The molecule has 0 saturated heterocycles. The molecular weight excluding hydrogens is 356 g/mol. The number of hydrogen-bond donors (Lipinski definition) is 2. The molecule has 2 N–H and O–H groups in total.